The number of hydrogen-bond acceptors (Lipinski definition) is 3. The predicted octanol–water partition coefficient (Wildman–Crippen LogP) is 4.53. The summed E-state index contributed by atoms with van der Waals surface area (Å²) in [6, 6.07) is 13.5. The zero-order chi connectivity index (χ0) is 17.4. The largest absolute Gasteiger partial charge is 0.494 e. The van der Waals surface area contributed by atoms with E-state index in [0.29, 0.717) is 0 Å². The summed E-state index contributed by atoms with van der Waals surface area (Å²) in [7, 11) is 0. The molecule has 2 aromatic rings. The van der Waals surface area contributed by atoms with Gasteiger partial charge in [0.2, 0.25) is 5.91 Å². The van der Waals surface area contributed by atoms with E-state index in [9.17, 15) is 4.79 Å². The summed E-state index contributed by atoms with van der Waals surface area (Å²) < 4.78 is 5.61. The van der Waals surface area contributed by atoms with Crippen molar-refractivity contribution in [1.29, 1.82) is 0 Å². The molecule has 0 saturated heterocycles. The average molecular weight is 326 g/mol. The van der Waals surface area contributed by atoms with E-state index >= 15 is 0 Å². The highest BCUT2D eigenvalue weighted by molar-refractivity contribution is 5.93. The second-order valence-corrected chi connectivity index (χ2v) is 5.88. The number of carbonyl (C=O) groups excluding carboxylic acids is 1. The van der Waals surface area contributed by atoms with Crippen molar-refractivity contribution >= 4 is 17.3 Å². The molecule has 0 aromatic heterocycles. The maximum absolute atomic E-state index is 12.1. The molecule has 2 rings (SSSR count). The zero-order valence-electron chi connectivity index (χ0n) is 14.7. The highest BCUT2D eigenvalue weighted by Gasteiger charge is 2.05. The smallest absolute Gasteiger partial charge is 0.243 e. The summed E-state index contributed by atoms with van der Waals surface area (Å²) in [4.78, 5) is 12.1. The van der Waals surface area contributed by atoms with Gasteiger partial charge in [-0.25, -0.2) is 0 Å². The number of benzene rings is 2. The van der Waals surface area contributed by atoms with Gasteiger partial charge in [0, 0.05) is 11.4 Å². The topological polar surface area (TPSA) is 50.4 Å². The third kappa shape index (κ3) is 5.30. The van der Waals surface area contributed by atoms with E-state index in [1.165, 1.54) is 11.1 Å². The third-order valence-corrected chi connectivity index (χ3v) is 3.95. The van der Waals surface area contributed by atoms with E-state index in [1.54, 1.807) is 0 Å². The standard InChI is InChI=1S/C20H26N2O2/c1-4-5-13-24-18-11-9-17(10-12-18)22-20(23)14-21-19-8-6-7-15(2)16(19)3/h6-12,21H,4-5,13-14H2,1-3H3,(H,22,23). The van der Waals surface area contributed by atoms with E-state index in [2.05, 4.69) is 30.5 Å². The normalized spacial score (nSPS) is 10.3. The van der Waals surface area contributed by atoms with Crippen LogP contribution in [0.1, 0.15) is 30.9 Å². The molecule has 0 bridgehead atoms. The zero-order valence-corrected chi connectivity index (χ0v) is 14.7. The maximum atomic E-state index is 12.1. The molecular weight excluding hydrogens is 300 g/mol. The summed E-state index contributed by atoms with van der Waals surface area (Å²) in [6.45, 7) is 7.20. The molecule has 2 aromatic carbocycles. The van der Waals surface area contributed by atoms with Crippen LogP contribution in [0.25, 0.3) is 0 Å². The van der Waals surface area contributed by atoms with Gasteiger partial charge < -0.3 is 15.4 Å². The van der Waals surface area contributed by atoms with Crippen LogP contribution in [0.2, 0.25) is 0 Å². The van der Waals surface area contributed by atoms with E-state index in [-0.39, 0.29) is 12.5 Å². The highest BCUT2D eigenvalue weighted by Crippen LogP contribution is 2.18. The first-order chi connectivity index (χ1) is 11.6. The summed E-state index contributed by atoms with van der Waals surface area (Å²) in [5.41, 5.74) is 4.13. The molecule has 0 aliphatic heterocycles. The predicted molar refractivity (Wildman–Crippen MR) is 99.9 cm³/mol. The Morgan fingerprint density at radius 3 is 2.54 bits per heavy atom. The Kier molecular flexibility index (Phi) is 6.67. The Balaban J connectivity index is 1.82. The van der Waals surface area contributed by atoms with Gasteiger partial charge in [-0.05, 0) is 61.7 Å². The van der Waals surface area contributed by atoms with Gasteiger partial charge in [0.25, 0.3) is 0 Å². The second-order valence-electron chi connectivity index (χ2n) is 5.88. The Bertz CT molecular complexity index is 666. The molecule has 0 aliphatic rings. The van der Waals surface area contributed by atoms with Gasteiger partial charge in [-0.3, -0.25) is 4.79 Å². The van der Waals surface area contributed by atoms with Crippen LogP contribution in [0.15, 0.2) is 42.5 Å². The number of amides is 1. The summed E-state index contributed by atoms with van der Waals surface area (Å²) in [6.07, 6.45) is 2.16. The molecule has 1 amide bonds. The van der Waals surface area contributed by atoms with E-state index in [1.807, 2.05) is 43.3 Å². The number of nitrogens with one attached hydrogen (secondary N) is 2. The van der Waals surface area contributed by atoms with Crippen LogP contribution >= 0.6 is 0 Å². The molecule has 0 saturated carbocycles. The Morgan fingerprint density at radius 1 is 1.08 bits per heavy atom. The molecule has 0 atom stereocenters. The van der Waals surface area contributed by atoms with Gasteiger partial charge in [0.05, 0.1) is 13.2 Å². The lowest BCUT2D eigenvalue weighted by molar-refractivity contribution is -0.114. The lowest BCUT2D eigenvalue weighted by Gasteiger charge is -2.12. The number of carbonyl (C=O) groups is 1. The van der Waals surface area contributed by atoms with Crippen molar-refractivity contribution in [2.24, 2.45) is 0 Å². The summed E-state index contributed by atoms with van der Waals surface area (Å²) in [5, 5.41) is 6.07. The number of anilines is 2. The van der Waals surface area contributed by atoms with Crippen LogP contribution in [-0.4, -0.2) is 19.1 Å². The Morgan fingerprint density at radius 2 is 1.83 bits per heavy atom. The van der Waals surface area contributed by atoms with Crippen LogP contribution in [-0.2, 0) is 4.79 Å². The van der Waals surface area contributed by atoms with Crippen LogP contribution in [0.5, 0.6) is 5.75 Å². The molecule has 0 unspecified atom stereocenters. The molecule has 0 spiro atoms. The number of unbranched alkanes of at least 4 members (excludes halogenated alkanes) is 1. The molecule has 2 N–H and O–H groups in total. The quantitative estimate of drug-likeness (QED) is 0.701. The first-order valence-electron chi connectivity index (χ1n) is 8.43. The fraction of sp³-hybridized carbons (Fsp3) is 0.350. The second kappa shape index (κ2) is 8.96. The first-order valence-corrected chi connectivity index (χ1v) is 8.43. The molecule has 0 fully saturated rings. The van der Waals surface area contributed by atoms with Crippen molar-refractivity contribution in [2.75, 3.05) is 23.8 Å². The molecule has 0 aliphatic carbocycles. The van der Waals surface area contributed by atoms with Crippen molar-refractivity contribution < 1.29 is 9.53 Å². The summed E-state index contributed by atoms with van der Waals surface area (Å²) in [5.74, 6) is 0.755. The van der Waals surface area contributed by atoms with Crippen LogP contribution in [0, 0.1) is 13.8 Å². The number of hydrogen-bond donors (Lipinski definition) is 2. The van der Waals surface area contributed by atoms with Crippen molar-refractivity contribution in [1.82, 2.24) is 0 Å². The van der Waals surface area contributed by atoms with E-state index in [0.717, 1.165) is 36.6 Å². The van der Waals surface area contributed by atoms with Gasteiger partial charge in [-0.2, -0.15) is 0 Å². The van der Waals surface area contributed by atoms with Gasteiger partial charge in [0.15, 0.2) is 0 Å². The van der Waals surface area contributed by atoms with Crippen molar-refractivity contribution in [3.63, 3.8) is 0 Å². The SMILES string of the molecule is CCCCOc1ccc(NC(=O)CNc2cccc(C)c2C)cc1. The number of ether oxygens (including phenoxy) is 1. The number of aryl methyl sites for hydroxylation is 1. The van der Waals surface area contributed by atoms with Crippen LogP contribution < -0.4 is 15.4 Å². The van der Waals surface area contributed by atoms with Crippen molar-refractivity contribution in [2.45, 2.75) is 33.6 Å². The molecule has 0 radical (unpaired) electrons. The van der Waals surface area contributed by atoms with E-state index in [4.69, 9.17) is 4.74 Å². The average Bonchev–Trinajstić information content (AvgIpc) is 2.58. The first kappa shape index (κ1) is 17.9. The van der Waals surface area contributed by atoms with E-state index < -0.39 is 0 Å². The minimum atomic E-state index is -0.0736. The fourth-order valence-corrected chi connectivity index (χ4v) is 2.29. The molecule has 4 heteroatoms. The van der Waals surface area contributed by atoms with Gasteiger partial charge in [0.1, 0.15) is 5.75 Å². The molecule has 0 heterocycles. The monoisotopic (exact) mass is 326 g/mol. The summed E-state index contributed by atoms with van der Waals surface area (Å²) >= 11 is 0. The minimum absolute atomic E-state index is 0.0736. The lowest BCUT2D eigenvalue weighted by Crippen LogP contribution is -2.22. The molecular formula is C20H26N2O2. The van der Waals surface area contributed by atoms with Crippen LogP contribution in [0.3, 0.4) is 0 Å². The third-order valence-electron chi connectivity index (χ3n) is 3.95. The molecule has 24 heavy (non-hydrogen) atoms. The van der Waals surface area contributed by atoms with Gasteiger partial charge >= 0.3 is 0 Å². The fourth-order valence-electron chi connectivity index (χ4n) is 2.29. The van der Waals surface area contributed by atoms with Gasteiger partial charge in [-0.1, -0.05) is 25.5 Å². The highest BCUT2D eigenvalue weighted by atomic mass is 16.5. The van der Waals surface area contributed by atoms with Gasteiger partial charge in [-0.15, -0.1) is 0 Å². The van der Waals surface area contributed by atoms with Crippen molar-refractivity contribution in [3.05, 3.63) is 53.6 Å². The van der Waals surface area contributed by atoms with Crippen molar-refractivity contribution in [3.8, 4) is 5.75 Å². The minimum Gasteiger partial charge on any atom is -0.494 e. The Hall–Kier alpha value is -2.49. The maximum Gasteiger partial charge on any atom is 0.243 e. The lowest BCUT2D eigenvalue weighted by atomic mass is 10.1. The molecule has 128 valence electrons. The van der Waals surface area contributed by atoms with Crippen LogP contribution in [0.4, 0.5) is 11.4 Å². The molecule has 4 nitrogen and oxygen atoms in total. The Labute approximate surface area is 144 Å². The number of rotatable bonds is 8.